The van der Waals surface area contributed by atoms with Crippen molar-refractivity contribution in [3.05, 3.63) is 47.6 Å². The standard InChI is InChI=1S/C16H13ClN6O/c17-11-4-1-2-5-12(11)23-14-10(8-19-23)15-20-21-16(22(15)9-18-14)13-6-3-7-24-13/h1-2,4-5,8-9,13H,3,6-7H2. The zero-order chi connectivity index (χ0) is 16.1. The first-order valence-electron chi connectivity index (χ1n) is 7.77. The van der Waals surface area contributed by atoms with Gasteiger partial charge in [0.1, 0.15) is 12.4 Å². The molecule has 7 nitrogen and oxygen atoms in total. The largest absolute Gasteiger partial charge is 0.370 e. The minimum absolute atomic E-state index is 0.0159. The van der Waals surface area contributed by atoms with E-state index in [-0.39, 0.29) is 6.10 Å². The normalized spacial score (nSPS) is 18.0. The third-order valence-electron chi connectivity index (χ3n) is 4.30. The Morgan fingerprint density at radius 3 is 2.92 bits per heavy atom. The average molecular weight is 341 g/mol. The lowest BCUT2D eigenvalue weighted by molar-refractivity contribution is 0.104. The van der Waals surface area contributed by atoms with Crippen LogP contribution in [0, 0.1) is 0 Å². The Bertz CT molecular complexity index is 1050. The third-order valence-corrected chi connectivity index (χ3v) is 4.62. The van der Waals surface area contributed by atoms with Crippen LogP contribution in [0.3, 0.4) is 0 Å². The molecule has 120 valence electrons. The van der Waals surface area contributed by atoms with Crippen molar-refractivity contribution in [2.45, 2.75) is 18.9 Å². The zero-order valence-corrected chi connectivity index (χ0v) is 13.4. The van der Waals surface area contributed by atoms with Crippen molar-refractivity contribution >= 4 is 28.3 Å². The number of para-hydroxylation sites is 1. The molecule has 1 aromatic carbocycles. The Morgan fingerprint density at radius 2 is 2.08 bits per heavy atom. The summed E-state index contributed by atoms with van der Waals surface area (Å²) >= 11 is 6.29. The van der Waals surface area contributed by atoms with Gasteiger partial charge in [-0.05, 0) is 25.0 Å². The summed E-state index contributed by atoms with van der Waals surface area (Å²) in [5.74, 6) is 0.794. The maximum absolute atomic E-state index is 6.29. The van der Waals surface area contributed by atoms with Gasteiger partial charge in [-0.1, -0.05) is 23.7 Å². The second-order valence-corrected chi connectivity index (χ2v) is 6.15. The van der Waals surface area contributed by atoms with Crippen molar-refractivity contribution in [1.82, 2.24) is 29.4 Å². The number of halogens is 1. The number of rotatable bonds is 2. The fourth-order valence-corrected chi connectivity index (χ4v) is 3.35. The fraction of sp³-hybridized carbons (Fsp3) is 0.250. The van der Waals surface area contributed by atoms with Crippen molar-refractivity contribution in [3.8, 4) is 5.69 Å². The summed E-state index contributed by atoms with van der Waals surface area (Å²) in [5.41, 5.74) is 2.20. The second kappa shape index (κ2) is 5.25. The Morgan fingerprint density at radius 1 is 1.17 bits per heavy atom. The SMILES string of the molecule is Clc1ccccc1-n1ncc2c1ncn1c(C3CCCO3)nnc21. The molecule has 24 heavy (non-hydrogen) atoms. The molecule has 1 atom stereocenters. The van der Waals surface area contributed by atoms with E-state index >= 15 is 0 Å². The Balaban J connectivity index is 1.72. The molecule has 1 aliphatic heterocycles. The molecular formula is C16H13ClN6O. The highest BCUT2D eigenvalue weighted by molar-refractivity contribution is 6.32. The van der Waals surface area contributed by atoms with Crippen molar-refractivity contribution in [1.29, 1.82) is 0 Å². The molecule has 0 radical (unpaired) electrons. The molecule has 0 N–H and O–H groups in total. The van der Waals surface area contributed by atoms with E-state index in [9.17, 15) is 0 Å². The van der Waals surface area contributed by atoms with E-state index < -0.39 is 0 Å². The second-order valence-electron chi connectivity index (χ2n) is 5.74. The quantitative estimate of drug-likeness (QED) is 0.561. The van der Waals surface area contributed by atoms with Crippen LogP contribution in [0.15, 0.2) is 36.8 Å². The Kier molecular flexibility index (Phi) is 3.04. The predicted molar refractivity (Wildman–Crippen MR) is 88.3 cm³/mol. The van der Waals surface area contributed by atoms with Crippen molar-refractivity contribution in [2.24, 2.45) is 0 Å². The van der Waals surface area contributed by atoms with Crippen LogP contribution in [0.1, 0.15) is 24.8 Å². The van der Waals surface area contributed by atoms with Gasteiger partial charge in [0.05, 0.1) is 22.3 Å². The van der Waals surface area contributed by atoms with Gasteiger partial charge in [-0.2, -0.15) is 5.10 Å². The molecule has 0 spiro atoms. The van der Waals surface area contributed by atoms with Crippen LogP contribution in [0.25, 0.3) is 22.4 Å². The van der Waals surface area contributed by atoms with Crippen LogP contribution in [-0.4, -0.2) is 36.0 Å². The first-order valence-corrected chi connectivity index (χ1v) is 8.14. The van der Waals surface area contributed by atoms with Crippen LogP contribution in [0.5, 0.6) is 0 Å². The van der Waals surface area contributed by atoms with E-state index in [0.717, 1.165) is 42.0 Å². The summed E-state index contributed by atoms with van der Waals surface area (Å²) in [6.45, 7) is 0.764. The molecule has 1 fully saturated rings. The van der Waals surface area contributed by atoms with E-state index in [4.69, 9.17) is 16.3 Å². The predicted octanol–water partition coefficient (Wildman–Crippen LogP) is 2.97. The monoisotopic (exact) mass is 340 g/mol. The van der Waals surface area contributed by atoms with Gasteiger partial charge in [-0.3, -0.25) is 4.40 Å². The first kappa shape index (κ1) is 13.9. The maximum Gasteiger partial charge on any atom is 0.174 e. The zero-order valence-electron chi connectivity index (χ0n) is 12.6. The molecule has 1 saturated heterocycles. The Hall–Kier alpha value is -2.51. The van der Waals surface area contributed by atoms with E-state index in [1.54, 1.807) is 17.2 Å². The van der Waals surface area contributed by atoms with Crippen LogP contribution in [0.2, 0.25) is 5.02 Å². The number of ether oxygens (including phenoxy) is 1. The molecular weight excluding hydrogens is 328 g/mol. The van der Waals surface area contributed by atoms with Crippen molar-refractivity contribution in [2.75, 3.05) is 6.61 Å². The average Bonchev–Trinajstić information content (AvgIpc) is 3.33. The number of hydrogen-bond donors (Lipinski definition) is 0. The topological polar surface area (TPSA) is 70.1 Å². The first-order chi connectivity index (χ1) is 11.8. The van der Waals surface area contributed by atoms with E-state index in [1.165, 1.54) is 0 Å². The van der Waals surface area contributed by atoms with Crippen LogP contribution in [-0.2, 0) is 4.74 Å². The summed E-state index contributed by atoms with van der Waals surface area (Å²) in [4.78, 5) is 4.56. The van der Waals surface area contributed by atoms with Crippen LogP contribution < -0.4 is 0 Å². The third kappa shape index (κ3) is 1.95. The van der Waals surface area contributed by atoms with Gasteiger partial charge < -0.3 is 4.74 Å². The van der Waals surface area contributed by atoms with Crippen LogP contribution in [0.4, 0.5) is 0 Å². The molecule has 4 aromatic rings. The number of nitrogens with zero attached hydrogens (tertiary/aromatic N) is 6. The van der Waals surface area contributed by atoms with Crippen molar-refractivity contribution in [3.63, 3.8) is 0 Å². The lowest BCUT2D eigenvalue weighted by Gasteiger charge is -2.07. The molecule has 0 aliphatic carbocycles. The summed E-state index contributed by atoms with van der Waals surface area (Å²) < 4.78 is 9.32. The molecule has 0 saturated carbocycles. The summed E-state index contributed by atoms with van der Waals surface area (Å²) in [6.07, 6.45) is 5.45. The van der Waals surface area contributed by atoms with Crippen LogP contribution >= 0.6 is 11.6 Å². The molecule has 3 aromatic heterocycles. The lowest BCUT2D eigenvalue weighted by Crippen LogP contribution is -2.04. The van der Waals surface area contributed by atoms with Gasteiger partial charge in [-0.25, -0.2) is 9.67 Å². The minimum Gasteiger partial charge on any atom is -0.370 e. The van der Waals surface area contributed by atoms with E-state index in [0.29, 0.717) is 10.7 Å². The highest BCUT2D eigenvalue weighted by atomic mass is 35.5. The fourth-order valence-electron chi connectivity index (χ4n) is 3.14. The highest BCUT2D eigenvalue weighted by Gasteiger charge is 2.24. The lowest BCUT2D eigenvalue weighted by atomic mass is 10.2. The van der Waals surface area contributed by atoms with E-state index in [1.807, 2.05) is 28.7 Å². The van der Waals surface area contributed by atoms with Gasteiger partial charge in [0.2, 0.25) is 0 Å². The van der Waals surface area contributed by atoms with Gasteiger partial charge in [-0.15, -0.1) is 10.2 Å². The highest BCUT2D eigenvalue weighted by Crippen LogP contribution is 2.29. The molecule has 1 unspecified atom stereocenters. The number of hydrogen-bond acceptors (Lipinski definition) is 5. The Labute approximate surface area is 141 Å². The molecule has 4 heterocycles. The summed E-state index contributed by atoms with van der Waals surface area (Å²) in [5, 5.41) is 14.5. The van der Waals surface area contributed by atoms with Gasteiger partial charge in [0, 0.05) is 6.61 Å². The van der Waals surface area contributed by atoms with Gasteiger partial charge in [0.15, 0.2) is 17.1 Å². The smallest absolute Gasteiger partial charge is 0.174 e. The van der Waals surface area contributed by atoms with Gasteiger partial charge in [0.25, 0.3) is 0 Å². The summed E-state index contributed by atoms with van der Waals surface area (Å²) in [7, 11) is 0. The number of fused-ring (bicyclic) bond motifs is 3. The summed E-state index contributed by atoms with van der Waals surface area (Å²) in [6, 6.07) is 7.53. The number of aromatic nitrogens is 6. The van der Waals surface area contributed by atoms with E-state index in [2.05, 4.69) is 20.3 Å². The molecule has 0 amide bonds. The maximum atomic E-state index is 6.29. The molecule has 0 bridgehead atoms. The number of benzene rings is 1. The van der Waals surface area contributed by atoms with Crippen molar-refractivity contribution < 1.29 is 4.74 Å². The molecule has 8 heteroatoms. The molecule has 1 aliphatic rings. The van der Waals surface area contributed by atoms with Gasteiger partial charge >= 0.3 is 0 Å². The minimum atomic E-state index is -0.0159. The molecule has 5 rings (SSSR count).